The summed E-state index contributed by atoms with van der Waals surface area (Å²) in [7, 11) is -3.99. The van der Waals surface area contributed by atoms with Gasteiger partial charge in [0.1, 0.15) is 0 Å². The molecule has 2 heterocycles. The molecule has 0 aliphatic carbocycles. The lowest BCUT2D eigenvalue weighted by Crippen LogP contribution is -2.31. The van der Waals surface area contributed by atoms with Gasteiger partial charge in [0.2, 0.25) is 9.84 Å². The number of fused-ring (bicyclic) bond motifs is 2. The van der Waals surface area contributed by atoms with E-state index in [9.17, 15) is 18.0 Å². The van der Waals surface area contributed by atoms with E-state index in [0.717, 1.165) is 16.0 Å². The van der Waals surface area contributed by atoms with Crippen LogP contribution >= 0.6 is 11.3 Å². The summed E-state index contributed by atoms with van der Waals surface area (Å²) in [5, 5.41) is 4.80. The summed E-state index contributed by atoms with van der Waals surface area (Å²) in [6, 6.07) is 22.2. The molecular formula is C27H22N2O4S2. The Kier molecular flexibility index (Phi) is 6.00. The number of sulfone groups is 1. The van der Waals surface area contributed by atoms with Crippen molar-refractivity contribution >= 4 is 38.7 Å². The molecule has 8 heteroatoms. The van der Waals surface area contributed by atoms with E-state index in [0.29, 0.717) is 6.54 Å². The molecule has 0 atom stereocenters. The van der Waals surface area contributed by atoms with E-state index in [1.54, 1.807) is 12.1 Å². The van der Waals surface area contributed by atoms with Gasteiger partial charge in [0, 0.05) is 10.4 Å². The molecule has 0 radical (unpaired) electrons. The molecule has 0 fully saturated rings. The molecule has 2 amide bonds. The van der Waals surface area contributed by atoms with Gasteiger partial charge in [0.25, 0.3) is 11.8 Å². The standard InChI is InChI=1S/C27H22N2O4S2/c1-18-6-4-7-19(14-18)17-29-23-15-20(26(30)28-16-21-8-5-13-34-21)11-12-25(23)35(32,33)24-10-3-2-9-22(24)27(29)31/h2-15H,16-17H2,1H3,(H,28,30). The molecule has 176 valence electrons. The topological polar surface area (TPSA) is 83.6 Å². The first-order valence-electron chi connectivity index (χ1n) is 11.0. The van der Waals surface area contributed by atoms with Crippen LogP contribution in [-0.2, 0) is 22.9 Å². The third-order valence-electron chi connectivity index (χ3n) is 5.88. The predicted molar refractivity (Wildman–Crippen MR) is 136 cm³/mol. The number of thiophene rings is 1. The van der Waals surface area contributed by atoms with Gasteiger partial charge in [-0.15, -0.1) is 11.3 Å². The fourth-order valence-electron chi connectivity index (χ4n) is 4.18. The number of carbonyl (C=O) groups excluding carboxylic acids is 2. The number of carbonyl (C=O) groups is 2. The first-order valence-corrected chi connectivity index (χ1v) is 13.4. The Labute approximate surface area is 207 Å². The van der Waals surface area contributed by atoms with Gasteiger partial charge in [-0.1, -0.05) is 48.0 Å². The second-order valence-electron chi connectivity index (χ2n) is 8.32. The normalized spacial score (nSPS) is 14.1. The molecule has 1 N–H and O–H groups in total. The Hall–Kier alpha value is -3.75. The van der Waals surface area contributed by atoms with Gasteiger partial charge < -0.3 is 10.2 Å². The Morgan fingerprint density at radius 2 is 1.77 bits per heavy atom. The van der Waals surface area contributed by atoms with Crippen LogP contribution in [0.3, 0.4) is 0 Å². The van der Waals surface area contributed by atoms with Crippen molar-refractivity contribution in [1.29, 1.82) is 0 Å². The second kappa shape index (κ2) is 9.13. The lowest BCUT2D eigenvalue weighted by molar-refractivity contribution is 0.0947. The van der Waals surface area contributed by atoms with Crippen LogP contribution in [0.2, 0.25) is 0 Å². The average Bonchev–Trinajstić information content (AvgIpc) is 3.37. The van der Waals surface area contributed by atoms with Gasteiger partial charge in [-0.05, 0) is 54.3 Å². The molecule has 0 saturated carbocycles. The summed E-state index contributed by atoms with van der Waals surface area (Å²) < 4.78 is 27.2. The van der Waals surface area contributed by atoms with Crippen LogP contribution < -0.4 is 10.2 Å². The number of hydrogen-bond donors (Lipinski definition) is 1. The highest BCUT2D eigenvalue weighted by Gasteiger charge is 2.36. The third kappa shape index (κ3) is 4.38. The van der Waals surface area contributed by atoms with Crippen molar-refractivity contribution in [3.63, 3.8) is 0 Å². The van der Waals surface area contributed by atoms with Crippen LogP contribution in [0.25, 0.3) is 0 Å². The second-order valence-corrected chi connectivity index (χ2v) is 11.2. The Morgan fingerprint density at radius 1 is 0.943 bits per heavy atom. The zero-order valence-electron chi connectivity index (χ0n) is 18.9. The van der Waals surface area contributed by atoms with Crippen LogP contribution in [0.5, 0.6) is 0 Å². The van der Waals surface area contributed by atoms with Crippen molar-refractivity contribution in [2.75, 3.05) is 4.90 Å². The van der Waals surface area contributed by atoms with Crippen LogP contribution in [0.1, 0.15) is 36.7 Å². The molecule has 1 aromatic heterocycles. The molecular weight excluding hydrogens is 480 g/mol. The summed E-state index contributed by atoms with van der Waals surface area (Å²) in [5.41, 5.74) is 2.47. The number of benzene rings is 3. The number of hydrogen-bond acceptors (Lipinski definition) is 5. The van der Waals surface area contributed by atoms with Gasteiger partial charge in [-0.3, -0.25) is 9.59 Å². The average molecular weight is 503 g/mol. The Balaban J connectivity index is 1.61. The van der Waals surface area contributed by atoms with Crippen molar-refractivity contribution in [3.05, 3.63) is 111 Å². The number of nitrogens with zero attached hydrogens (tertiary/aromatic N) is 1. The highest BCUT2D eigenvalue weighted by Crippen LogP contribution is 2.38. The van der Waals surface area contributed by atoms with E-state index >= 15 is 0 Å². The minimum Gasteiger partial charge on any atom is -0.347 e. The number of rotatable bonds is 5. The highest BCUT2D eigenvalue weighted by atomic mass is 32.2. The Morgan fingerprint density at radius 3 is 2.54 bits per heavy atom. The predicted octanol–water partition coefficient (Wildman–Crippen LogP) is 4.98. The maximum absolute atomic E-state index is 13.7. The SMILES string of the molecule is Cc1cccc(CN2C(=O)c3ccccc3S(=O)(=O)c3ccc(C(=O)NCc4cccs4)cc32)c1. The fourth-order valence-corrected chi connectivity index (χ4v) is 6.46. The zero-order valence-corrected chi connectivity index (χ0v) is 20.5. The third-order valence-corrected chi connectivity index (χ3v) is 8.62. The number of aryl methyl sites for hydroxylation is 1. The van der Waals surface area contributed by atoms with E-state index in [1.807, 2.05) is 48.7 Å². The Bertz CT molecular complexity index is 1540. The summed E-state index contributed by atoms with van der Waals surface area (Å²) in [6.45, 7) is 2.48. The lowest BCUT2D eigenvalue weighted by Gasteiger charge is -2.23. The van der Waals surface area contributed by atoms with Gasteiger partial charge in [-0.2, -0.15) is 0 Å². The molecule has 4 aromatic rings. The molecule has 35 heavy (non-hydrogen) atoms. The molecule has 0 bridgehead atoms. The van der Waals surface area contributed by atoms with E-state index in [1.165, 1.54) is 46.6 Å². The van der Waals surface area contributed by atoms with Gasteiger partial charge >= 0.3 is 0 Å². The minimum atomic E-state index is -3.99. The molecule has 0 unspecified atom stereocenters. The van der Waals surface area contributed by atoms with Gasteiger partial charge in [0.05, 0.1) is 34.1 Å². The summed E-state index contributed by atoms with van der Waals surface area (Å²) >= 11 is 1.53. The summed E-state index contributed by atoms with van der Waals surface area (Å²) in [6.07, 6.45) is 0. The van der Waals surface area contributed by atoms with Crippen molar-refractivity contribution < 1.29 is 18.0 Å². The maximum atomic E-state index is 13.7. The number of anilines is 1. The number of nitrogens with one attached hydrogen (secondary N) is 1. The van der Waals surface area contributed by atoms with E-state index in [4.69, 9.17) is 0 Å². The molecule has 0 spiro atoms. The number of amides is 2. The monoisotopic (exact) mass is 502 g/mol. The first-order chi connectivity index (χ1) is 16.8. The lowest BCUT2D eigenvalue weighted by atomic mass is 10.1. The highest BCUT2D eigenvalue weighted by molar-refractivity contribution is 7.91. The molecule has 1 aliphatic rings. The van der Waals surface area contributed by atoms with Crippen molar-refractivity contribution in [3.8, 4) is 0 Å². The minimum absolute atomic E-state index is 0.00161. The van der Waals surface area contributed by atoms with Crippen molar-refractivity contribution in [1.82, 2.24) is 5.32 Å². The first kappa shape index (κ1) is 23.0. The smallest absolute Gasteiger partial charge is 0.259 e. The summed E-state index contributed by atoms with van der Waals surface area (Å²) in [5.74, 6) is -0.774. The quantitative estimate of drug-likeness (QED) is 0.417. The van der Waals surface area contributed by atoms with Gasteiger partial charge in [0.15, 0.2) is 0 Å². The maximum Gasteiger partial charge on any atom is 0.259 e. The van der Waals surface area contributed by atoms with Crippen LogP contribution in [-0.4, -0.2) is 20.2 Å². The van der Waals surface area contributed by atoms with E-state index in [-0.39, 0.29) is 39.1 Å². The zero-order chi connectivity index (χ0) is 24.6. The molecule has 1 aliphatic heterocycles. The summed E-state index contributed by atoms with van der Waals surface area (Å²) in [4.78, 5) is 29.0. The molecule has 5 rings (SSSR count). The van der Waals surface area contributed by atoms with E-state index in [2.05, 4.69) is 5.32 Å². The fraction of sp³-hybridized carbons (Fsp3) is 0.111. The van der Waals surface area contributed by atoms with E-state index < -0.39 is 15.7 Å². The van der Waals surface area contributed by atoms with Crippen LogP contribution in [0.4, 0.5) is 5.69 Å². The molecule has 6 nitrogen and oxygen atoms in total. The molecule has 3 aromatic carbocycles. The van der Waals surface area contributed by atoms with Gasteiger partial charge in [-0.25, -0.2) is 8.42 Å². The van der Waals surface area contributed by atoms with Crippen molar-refractivity contribution in [2.45, 2.75) is 29.8 Å². The van der Waals surface area contributed by atoms with Crippen molar-refractivity contribution in [2.24, 2.45) is 0 Å². The largest absolute Gasteiger partial charge is 0.347 e. The van der Waals surface area contributed by atoms with Crippen LogP contribution in [0.15, 0.2) is 94.0 Å². The van der Waals surface area contributed by atoms with Crippen LogP contribution in [0, 0.1) is 6.92 Å². The molecule has 0 saturated heterocycles.